The minimum atomic E-state index is -3.43. The van der Waals surface area contributed by atoms with E-state index in [2.05, 4.69) is 27.7 Å². The van der Waals surface area contributed by atoms with Crippen LogP contribution >= 0.6 is 7.60 Å². The van der Waals surface area contributed by atoms with Crippen LogP contribution in [-0.4, -0.2) is 41.3 Å². The van der Waals surface area contributed by atoms with E-state index in [9.17, 15) is 9.67 Å². The van der Waals surface area contributed by atoms with Crippen molar-refractivity contribution in [1.82, 2.24) is 0 Å². The van der Waals surface area contributed by atoms with Crippen LogP contribution in [0.1, 0.15) is 54.4 Å². The summed E-state index contributed by atoms with van der Waals surface area (Å²) in [6.45, 7) is 11.5. The molecule has 0 aromatic heterocycles. The molecule has 0 amide bonds. The fourth-order valence-electron chi connectivity index (χ4n) is 2.39. The molecule has 0 aromatic carbocycles. The van der Waals surface area contributed by atoms with E-state index in [1.165, 1.54) is 0 Å². The van der Waals surface area contributed by atoms with Crippen molar-refractivity contribution in [1.29, 1.82) is 0 Å². The highest BCUT2D eigenvalue weighted by atomic mass is 31.2. The molecule has 6 heteroatoms. The average Bonchev–Trinajstić information content (AvgIpc) is 2.24. The molecule has 2 N–H and O–H groups in total. The summed E-state index contributed by atoms with van der Waals surface area (Å²) in [6, 6.07) is 0. The highest BCUT2D eigenvalue weighted by Crippen LogP contribution is 2.52. The van der Waals surface area contributed by atoms with Gasteiger partial charge in [-0.3, -0.25) is 4.57 Å². The van der Waals surface area contributed by atoms with Gasteiger partial charge in [0.15, 0.2) is 0 Å². The van der Waals surface area contributed by atoms with Crippen LogP contribution in [-0.2, 0) is 13.6 Å². The first-order valence-electron chi connectivity index (χ1n) is 7.82. The third kappa shape index (κ3) is 10.4. The third-order valence-electron chi connectivity index (χ3n) is 2.93. The second-order valence-electron chi connectivity index (χ2n) is 6.72. The zero-order chi connectivity index (χ0) is 16.6. The molecule has 0 aliphatic rings. The van der Waals surface area contributed by atoms with Gasteiger partial charge in [0.2, 0.25) is 0 Å². The Morgan fingerprint density at radius 1 is 0.905 bits per heavy atom. The first kappa shape index (κ1) is 21.1. The Hall–Kier alpha value is 0.0700. The third-order valence-corrected chi connectivity index (χ3v) is 5.16. The van der Waals surface area contributed by atoms with Gasteiger partial charge in [-0.15, -0.1) is 0 Å². The van der Waals surface area contributed by atoms with Gasteiger partial charge in [-0.05, 0) is 38.5 Å². The SMILES string of the molecule is CC(C)CC(C)OP(=O)(CC(O)CO)OC(C)CC(C)C. The molecule has 128 valence electrons. The Balaban J connectivity index is 4.79. The normalized spacial score (nSPS) is 19.5. The van der Waals surface area contributed by atoms with Crippen molar-refractivity contribution in [2.24, 2.45) is 11.8 Å². The Kier molecular flexibility index (Phi) is 9.99. The lowest BCUT2D eigenvalue weighted by atomic mass is 10.1. The fourth-order valence-corrected chi connectivity index (χ4v) is 4.51. The molecule has 0 aliphatic carbocycles. The molecule has 0 bridgehead atoms. The maximum atomic E-state index is 12.9. The van der Waals surface area contributed by atoms with Gasteiger partial charge in [0.25, 0.3) is 0 Å². The largest absolute Gasteiger partial charge is 0.394 e. The van der Waals surface area contributed by atoms with Gasteiger partial charge in [0.1, 0.15) is 0 Å². The minimum Gasteiger partial charge on any atom is -0.394 e. The van der Waals surface area contributed by atoms with Gasteiger partial charge in [-0.25, -0.2) is 0 Å². The van der Waals surface area contributed by atoms with Crippen LogP contribution in [0.5, 0.6) is 0 Å². The van der Waals surface area contributed by atoms with E-state index < -0.39 is 20.3 Å². The summed E-state index contributed by atoms with van der Waals surface area (Å²) in [5.74, 6) is 0.841. The summed E-state index contributed by atoms with van der Waals surface area (Å²) in [5, 5.41) is 18.6. The summed E-state index contributed by atoms with van der Waals surface area (Å²) in [5.41, 5.74) is 0. The van der Waals surface area contributed by atoms with E-state index in [4.69, 9.17) is 14.2 Å². The number of aliphatic hydroxyl groups excluding tert-OH is 2. The predicted molar refractivity (Wildman–Crippen MR) is 85.6 cm³/mol. The van der Waals surface area contributed by atoms with Crippen LogP contribution in [0.15, 0.2) is 0 Å². The Labute approximate surface area is 129 Å². The molecule has 0 aromatic rings. The zero-order valence-electron chi connectivity index (χ0n) is 14.3. The minimum absolute atomic E-state index is 0.172. The molecule has 0 radical (unpaired) electrons. The van der Waals surface area contributed by atoms with Crippen molar-refractivity contribution in [2.45, 2.75) is 72.7 Å². The lowest BCUT2D eigenvalue weighted by molar-refractivity contribution is 0.0804. The van der Waals surface area contributed by atoms with Gasteiger partial charge in [0, 0.05) is 0 Å². The van der Waals surface area contributed by atoms with E-state index in [1.807, 2.05) is 13.8 Å². The van der Waals surface area contributed by atoms with Crippen LogP contribution in [0.25, 0.3) is 0 Å². The smallest absolute Gasteiger partial charge is 0.333 e. The average molecular weight is 324 g/mol. The van der Waals surface area contributed by atoms with Crippen molar-refractivity contribution < 1.29 is 23.8 Å². The zero-order valence-corrected chi connectivity index (χ0v) is 15.2. The first-order valence-corrected chi connectivity index (χ1v) is 9.55. The molecule has 0 rings (SSSR count). The summed E-state index contributed by atoms with van der Waals surface area (Å²) >= 11 is 0. The van der Waals surface area contributed by atoms with E-state index in [0.29, 0.717) is 11.8 Å². The Morgan fingerprint density at radius 3 is 1.57 bits per heavy atom. The van der Waals surface area contributed by atoms with Gasteiger partial charge < -0.3 is 19.3 Å². The fraction of sp³-hybridized carbons (Fsp3) is 1.00. The second kappa shape index (κ2) is 9.96. The maximum absolute atomic E-state index is 12.9. The quantitative estimate of drug-likeness (QED) is 0.569. The molecule has 21 heavy (non-hydrogen) atoms. The summed E-state index contributed by atoms with van der Waals surface area (Å²) < 4.78 is 24.1. The van der Waals surface area contributed by atoms with Gasteiger partial charge >= 0.3 is 7.60 Å². The second-order valence-corrected chi connectivity index (χ2v) is 8.73. The molecule has 0 heterocycles. The van der Waals surface area contributed by atoms with E-state index in [-0.39, 0.29) is 18.4 Å². The Bertz CT molecular complexity index is 297. The van der Waals surface area contributed by atoms with Crippen molar-refractivity contribution in [3.05, 3.63) is 0 Å². The molecule has 0 fully saturated rings. The number of hydrogen-bond acceptors (Lipinski definition) is 5. The van der Waals surface area contributed by atoms with Crippen LogP contribution in [0.3, 0.4) is 0 Å². The van der Waals surface area contributed by atoms with E-state index in [0.717, 1.165) is 12.8 Å². The highest BCUT2D eigenvalue weighted by Gasteiger charge is 2.32. The topological polar surface area (TPSA) is 76.0 Å². The summed E-state index contributed by atoms with van der Waals surface area (Å²) in [4.78, 5) is 0. The van der Waals surface area contributed by atoms with Crippen LogP contribution in [0.4, 0.5) is 0 Å². The number of hydrogen-bond donors (Lipinski definition) is 2. The summed E-state index contributed by atoms with van der Waals surface area (Å²) in [7, 11) is -3.43. The molecule has 0 saturated carbocycles. The molecule has 0 aliphatic heterocycles. The van der Waals surface area contributed by atoms with E-state index in [1.54, 1.807) is 0 Å². The van der Waals surface area contributed by atoms with Gasteiger partial charge in [-0.1, -0.05) is 27.7 Å². The van der Waals surface area contributed by atoms with Crippen molar-refractivity contribution in [3.63, 3.8) is 0 Å². The van der Waals surface area contributed by atoms with Gasteiger partial charge in [-0.2, -0.15) is 0 Å². The predicted octanol–water partition coefficient (Wildman–Crippen LogP) is 3.44. The summed E-state index contributed by atoms with van der Waals surface area (Å²) in [6.07, 6.45) is -0.161. The van der Waals surface area contributed by atoms with Crippen LogP contribution in [0.2, 0.25) is 0 Å². The molecular weight excluding hydrogens is 291 g/mol. The van der Waals surface area contributed by atoms with Crippen molar-refractivity contribution in [3.8, 4) is 0 Å². The lowest BCUT2D eigenvalue weighted by Crippen LogP contribution is -2.23. The lowest BCUT2D eigenvalue weighted by Gasteiger charge is -2.28. The molecule has 3 unspecified atom stereocenters. The molecule has 3 atom stereocenters. The maximum Gasteiger partial charge on any atom is 0.333 e. The first-order chi connectivity index (χ1) is 9.58. The monoisotopic (exact) mass is 324 g/mol. The number of aliphatic hydroxyl groups is 2. The van der Waals surface area contributed by atoms with Crippen LogP contribution in [0, 0.1) is 11.8 Å². The van der Waals surface area contributed by atoms with E-state index >= 15 is 0 Å². The van der Waals surface area contributed by atoms with Crippen LogP contribution < -0.4 is 0 Å². The van der Waals surface area contributed by atoms with Gasteiger partial charge in [0.05, 0.1) is 31.1 Å². The standard InChI is InChI=1S/C15H33O5P/c1-11(2)7-13(5)19-21(18,10-15(17)9-16)20-14(6)8-12(3)4/h11-17H,7-10H2,1-6H3. The number of rotatable bonds is 11. The molecule has 0 saturated heterocycles. The molecule has 5 nitrogen and oxygen atoms in total. The Morgan fingerprint density at radius 2 is 1.29 bits per heavy atom. The molecule has 0 spiro atoms. The van der Waals surface area contributed by atoms with Crippen molar-refractivity contribution >= 4 is 7.60 Å². The molecular formula is C15H33O5P. The van der Waals surface area contributed by atoms with Crippen molar-refractivity contribution in [2.75, 3.05) is 12.8 Å². The highest BCUT2D eigenvalue weighted by molar-refractivity contribution is 7.53.